The van der Waals surface area contributed by atoms with Gasteiger partial charge in [-0.15, -0.1) is 0 Å². The average Bonchev–Trinajstić information content (AvgIpc) is 3.40. The minimum atomic E-state index is -4.83. The highest BCUT2D eigenvalue weighted by molar-refractivity contribution is 5.94. The van der Waals surface area contributed by atoms with Crippen LogP contribution in [0, 0.1) is 17.5 Å². The molecule has 3 N–H and O–H groups in total. The number of imidazole rings is 1. The van der Waals surface area contributed by atoms with Crippen LogP contribution < -0.4 is 5.73 Å². The number of nitrogens with zero attached hydrogens (tertiary/aromatic N) is 4. The van der Waals surface area contributed by atoms with Gasteiger partial charge in [0.2, 0.25) is 11.7 Å². The number of carbonyl (C=O) groups excluding carboxylic acids is 2. The molecular weight excluding hydrogens is 496 g/mol. The molecule has 1 saturated heterocycles. The van der Waals surface area contributed by atoms with Gasteiger partial charge in [-0.1, -0.05) is 0 Å². The molecule has 2 aliphatic heterocycles. The van der Waals surface area contributed by atoms with E-state index in [1.54, 1.807) is 0 Å². The largest absolute Gasteiger partial charge is 0.449 e. The number of aliphatic hydroxyl groups excluding tert-OH is 1. The lowest BCUT2D eigenvalue weighted by molar-refractivity contribution is -0.148. The molecule has 2 aromatic rings. The lowest BCUT2D eigenvalue weighted by Crippen LogP contribution is -2.42. The molecule has 2 unspecified atom stereocenters. The number of rotatable bonds is 5. The van der Waals surface area contributed by atoms with Crippen molar-refractivity contribution in [2.24, 2.45) is 5.73 Å². The number of likely N-dealkylation sites (tertiary alicyclic amines) is 1. The number of aliphatic hydroxyl groups is 1. The molecule has 1 aromatic heterocycles. The first-order chi connectivity index (χ1) is 16.8. The van der Waals surface area contributed by atoms with Crippen LogP contribution in [-0.2, 0) is 30.5 Å². The third-order valence-corrected chi connectivity index (χ3v) is 6.27. The van der Waals surface area contributed by atoms with Crippen LogP contribution in [0.2, 0.25) is 0 Å². The minimum Gasteiger partial charge on any atom is -0.391 e. The smallest absolute Gasteiger partial charge is 0.391 e. The summed E-state index contributed by atoms with van der Waals surface area (Å²) in [6, 6.07) is 0.0446. The van der Waals surface area contributed by atoms with Crippen molar-refractivity contribution in [2.75, 3.05) is 19.6 Å². The van der Waals surface area contributed by atoms with Gasteiger partial charge in [0, 0.05) is 44.7 Å². The molecule has 0 radical (unpaired) electrons. The predicted molar refractivity (Wildman–Crippen MR) is 112 cm³/mol. The van der Waals surface area contributed by atoms with Gasteiger partial charge in [-0.25, -0.2) is 18.2 Å². The van der Waals surface area contributed by atoms with Crippen molar-refractivity contribution in [1.29, 1.82) is 0 Å². The highest BCUT2D eigenvalue weighted by Crippen LogP contribution is 2.33. The molecule has 2 aliphatic rings. The number of halogens is 6. The van der Waals surface area contributed by atoms with Gasteiger partial charge in [0.1, 0.15) is 5.82 Å². The maximum atomic E-state index is 13.9. The van der Waals surface area contributed by atoms with Crippen molar-refractivity contribution in [1.82, 2.24) is 19.4 Å². The third-order valence-electron chi connectivity index (χ3n) is 6.27. The van der Waals surface area contributed by atoms with E-state index in [0.29, 0.717) is 12.1 Å². The number of hydrogen-bond acceptors (Lipinski definition) is 5. The van der Waals surface area contributed by atoms with Crippen LogP contribution in [-0.4, -0.2) is 68.1 Å². The topological polar surface area (TPSA) is 105 Å². The van der Waals surface area contributed by atoms with Crippen LogP contribution in [0.1, 0.15) is 40.4 Å². The zero-order valence-electron chi connectivity index (χ0n) is 18.9. The Hall–Kier alpha value is -3.13. The lowest BCUT2D eigenvalue weighted by atomic mass is 10.0. The summed E-state index contributed by atoms with van der Waals surface area (Å²) in [7, 11) is 0. The fraction of sp³-hybridized carbons (Fsp3) is 0.500. The Morgan fingerprint density at radius 2 is 1.78 bits per heavy atom. The van der Waals surface area contributed by atoms with Gasteiger partial charge in [-0.2, -0.15) is 13.2 Å². The molecule has 4 rings (SSSR count). The monoisotopic (exact) mass is 519 g/mol. The zero-order chi connectivity index (χ0) is 26.4. The molecule has 36 heavy (non-hydrogen) atoms. The minimum absolute atomic E-state index is 0.0372. The average molecular weight is 519 g/mol. The summed E-state index contributed by atoms with van der Waals surface area (Å²) in [5.41, 5.74) is 5.17. The number of nitrogens with two attached hydrogens (primary N) is 1. The Balaban J connectivity index is 1.51. The standard InChI is InChI=1S/C22H23F6N5O3/c23-14-8-16(25)15(24)6-11(14)5-12(29)7-18(35)31-3-4-33-17(10-31)19(30-21(33)22(26,27)28)20(36)32-2-1-13(34)9-32/h6,8,12-13,34H,1-5,7,9-10,29H2. The maximum Gasteiger partial charge on any atom is 0.449 e. The van der Waals surface area contributed by atoms with E-state index in [1.807, 2.05) is 0 Å². The van der Waals surface area contributed by atoms with Gasteiger partial charge >= 0.3 is 6.18 Å². The first kappa shape index (κ1) is 25.9. The Bertz CT molecular complexity index is 1180. The number of β-amino-alcohol motifs (C(OH)–C–C–N with tert-alkyl or cyclic N) is 1. The Labute approximate surface area is 201 Å². The Morgan fingerprint density at radius 1 is 1.08 bits per heavy atom. The van der Waals surface area contributed by atoms with E-state index in [1.165, 1.54) is 9.80 Å². The van der Waals surface area contributed by atoms with Crippen LogP contribution >= 0.6 is 0 Å². The van der Waals surface area contributed by atoms with Crippen molar-refractivity contribution in [2.45, 2.75) is 50.7 Å². The fourth-order valence-electron chi connectivity index (χ4n) is 4.47. The summed E-state index contributed by atoms with van der Waals surface area (Å²) in [5, 5.41) is 9.69. The van der Waals surface area contributed by atoms with Gasteiger partial charge in [-0.3, -0.25) is 9.59 Å². The summed E-state index contributed by atoms with van der Waals surface area (Å²) in [6.07, 6.45) is -5.95. The van der Waals surface area contributed by atoms with Crippen molar-refractivity contribution in [3.05, 3.63) is 52.4 Å². The van der Waals surface area contributed by atoms with Crippen LogP contribution in [0.4, 0.5) is 26.3 Å². The van der Waals surface area contributed by atoms with Crippen LogP contribution in [0.5, 0.6) is 0 Å². The highest BCUT2D eigenvalue weighted by atomic mass is 19.4. The first-order valence-electron chi connectivity index (χ1n) is 11.2. The van der Waals surface area contributed by atoms with Crippen molar-refractivity contribution in [3.63, 3.8) is 0 Å². The molecule has 3 heterocycles. The molecule has 0 saturated carbocycles. The quantitative estimate of drug-likeness (QED) is 0.464. The molecule has 196 valence electrons. The molecule has 8 nitrogen and oxygen atoms in total. The normalized spacial score (nSPS) is 18.9. The van der Waals surface area contributed by atoms with E-state index < -0.39 is 59.1 Å². The van der Waals surface area contributed by atoms with Crippen LogP contribution in [0.15, 0.2) is 12.1 Å². The predicted octanol–water partition coefficient (Wildman–Crippen LogP) is 1.83. The van der Waals surface area contributed by atoms with E-state index in [9.17, 15) is 41.0 Å². The second kappa shape index (κ2) is 9.73. The number of benzene rings is 1. The molecule has 0 aliphatic carbocycles. The van der Waals surface area contributed by atoms with E-state index in [0.717, 1.165) is 4.57 Å². The number of fused-ring (bicyclic) bond motifs is 1. The van der Waals surface area contributed by atoms with Crippen molar-refractivity contribution in [3.8, 4) is 0 Å². The molecule has 1 fully saturated rings. The van der Waals surface area contributed by atoms with E-state index in [-0.39, 0.29) is 63.2 Å². The third kappa shape index (κ3) is 5.19. The SMILES string of the molecule is NC(CC(=O)N1CCn2c(C(F)(F)F)nc(C(=O)N3CCC(O)C3)c2C1)Cc1cc(F)c(F)cc1F. The molecular formula is C22H23F6N5O3. The molecule has 1 aromatic carbocycles. The van der Waals surface area contributed by atoms with Crippen LogP contribution in [0.3, 0.4) is 0 Å². The van der Waals surface area contributed by atoms with Gasteiger partial charge in [0.15, 0.2) is 17.3 Å². The molecule has 14 heteroatoms. The molecule has 0 bridgehead atoms. The van der Waals surface area contributed by atoms with E-state index in [4.69, 9.17) is 5.73 Å². The van der Waals surface area contributed by atoms with E-state index in [2.05, 4.69) is 4.98 Å². The Kier molecular flexibility index (Phi) is 7.01. The summed E-state index contributed by atoms with van der Waals surface area (Å²) < 4.78 is 82.1. The summed E-state index contributed by atoms with van der Waals surface area (Å²) in [4.78, 5) is 31.7. The number of amides is 2. The van der Waals surface area contributed by atoms with E-state index >= 15 is 0 Å². The molecule has 2 amide bonds. The van der Waals surface area contributed by atoms with Gasteiger partial charge in [0.25, 0.3) is 5.91 Å². The highest BCUT2D eigenvalue weighted by Gasteiger charge is 2.42. The van der Waals surface area contributed by atoms with Crippen molar-refractivity contribution < 1.29 is 41.0 Å². The second-order valence-corrected chi connectivity index (χ2v) is 8.92. The van der Waals surface area contributed by atoms with Gasteiger partial charge < -0.3 is 25.2 Å². The molecule has 2 atom stereocenters. The van der Waals surface area contributed by atoms with Crippen LogP contribution in [0.25, 0.3) is 0 Å². The number of aromatic nitrogens is 2. The maximum absolute atomic E-state index is 13.9. The summed E-state index contributed by atoms with van der Waals surface area (Å²) in [5.74, 6) is -6.24. The molecule has 0 spiro atoms. The zero-order valence-corrected chi connectivity index (χ0v) is 18.9. The lowest BCUT2D eigenvalue weighted by Gasteiger charge is -2.30. The second-order valence-electron chi connectivity index (χ2n) is 8.92. The number of alkyl halides is 3. The van der Waals surface area contributed by atoms with Gasteiger partial charge in [0.05, 0.1) is 18.3 Å². The first-order valence-corrected chi connectivity index (χ1v) is 11.2. The summed E-state index contributed by atoms with van der Waals surface area (Å²) in [6.45, 7) is -0.610. The number of hydrogen-bond donors (Lipinski definition) is 2. The fourth-order valence-corrected chi connectivity index (χ4v) is 4.47. The summed E-state index contributed by atoms with van der Waals surface area (Å²) >= 11 is 0. The Morgan fingerprint density at radius 3 is 2.42 bits per heavy atom. The van der Waals surface area contributed by atoms with Gasteiger partial charge in [-0.05, 0) is 24.5 Å². The van der Waals surface area contributed by atoms with Crippen molar-refractivity contribution >= 4 is 11.8 Å². The number of carbonyl (C=O) groups is 2.